The van der Waals surface area contributed by atoms with Crippen molar-refractivity contribution in [3.63, 3.8) is 0 Å². The lowest BCUT2D eigenvalue weighted by molar-refractivity contribution is 0.0940. The van der Waals surface area contributed by atoms with Crippen molar-refractivity contribution in [2.45, 2.75) is 27.7 Å². The van der Waals surface area contributed by atoms with Gasteiger partial charge in [0.05, 0.1) is 0 Å². The number of carbonyl (C=O) groups is 1. The van der Waals surface area contributed by atoms with Gasteiger partial charge in [0.1, 0.15) is 5.69 Å². The zero-order valence-corrected chi connectivity index (χ0v) is 11.7. The molecule has 0 radical (unpaired) electrons. The first-order valence-electron chi connectivity index (χ1n) is 6.52. The molecule has 1 atom stereocenters. The van der Waals surface area contributed by atoms with E-state index in [2.05, 4.69) is 36.4 Å². The standard InChI is InChI=1S/C14H23N3O/c1-5-15-12-6-7-16-13(8-12)14(18)17-9-11(4)10(2)3/h6-8,10-11H,5,9H2,1-4H3,(H,15,16)(H,17,18). The van der Waals surface area contributed by atoms with Crippen LogP contribution in [0.1, 0.15) is 38.2 Å². The Morgan fingerprint density at radius 2 is 2.11 bits per heavy atom. The summed E-state index contributed by atoms with van der Waals surface area (Å²) in [6.45, 7) is 9.97. The Balaban J connectivity index is 2.58. The zero-order valence-electron chi connectivity index (χ0n) is 11.7. The van der Waals surface area contributed by atoms with Crippen LogP contribution in [0.4, 0.5) is 5.69 Å². The minimum absolute atomic E-state index is 0.109. The highest BCUT2D eigenvalue weighted by Gasteiger charge is 2.11. The van der Waals surface area contributed by atoms with E-state index >= 15 is 0 Å². The molecule has 2 N–H and O–H groups in total. The Morgan fingerprint density at radius 3 is 2.72 bits per heavy atom. The molecule has 18 heavy (non-hydrogen) atoms. The van der Waals surface area contributed by atoms with Crippen LogP contribution in [-0.4, -0.2) is 24.0 Å². The molecule has 0 saturated carbocycles. The highest BCUT2D eigenvalue weighted by Crippen LogP contribution is 2.09. The second-order valence-electron chi connectivity index (χ2n) is 4.89. The summed E-state index contributed by atoms with van der Waals surface area (Å²) in [5.74, 6) is 0.916. The number of rotatable bonds is 6. The Hall–Kier alpha value is -1.58. The fourth-order valence-electron chi connectivity index (χ4n) is 1.45. The molecule has 1 aromatic heterocycles. The Bertz CT molecular complexity index is 390. The van der Waals surface area contributed by atoms with Gasteiger partial charge >= 0.3 is 0 Å². The van der Waals surface area contributed by atoms with Crippen LogP contribution in [0.2, 0.25) is 0 Å². The molecular formula is C14H23N3O. The van der Waals surface area contributed by atoms with Gasteiger partial charge in [-0.3, -0.25) is 9.78 Å². The number of nitrogens with one attached hydrogen (secondary N) is 2. The summed E-state index contributed by atoms with van der Waals surface area (Å²) < 4.78 is 0. The van der Waals surface area contributed by atoms with Gasteiger partial charge in [-0.2, -0.15) is 0 Å². The van der Waals surface area contributed by atoms with Crippen molar-refractivity contribution in [1.29, 1.82) is 0 Å². The van der Waals surface area contributed by atoms with Crippen LogP contribution >= 0.6 is 0 Å². The minimum atomic E-state index is -0.109. The summed E-state index contributed by atoms with van der Waals surface area (Å²) >= 11 is 0. The first-order chi connectivity index (χ1) is 8.54. The summed E-state index contributed by atoms with van der Waals surface area (Å²) in [6, 6.07) is 3.63. The van der Waals surface area contributed by atoms with Crippen LogP contribution in [0.5, 0.6) is 0 Å². The monoisotopic (exact) mass is 249 g/mol. The number of pyridine rings is 1. The number of hydrogen-bond acceptors (Lipinski definition) is 3. The van der Waals surface area contributed by atoms with E-state index in [1.807, 2.05) is 13.0 Å². The molecule has 0 bridgehead atoms. The number of aromatic nitrogens is 1. The fraction of sp³-hybridized carbons (Fsp3) is 0.571. The third-order valence-corrected chi connectivity index (χ3v) is 3.10. The third kappa shape index (κ3) is 4.35. The lowest BCUT2D eigenvalue weighted by atomic mass is 9.98. The molecule has 0 fully saturated rings. The summed E-state index contributed by atoms with van der Waals surface area (Å²) in [5, 5.41) is 6.09. The van der Waals surface area contributed by atoms with E-state index in [1.165, 1.54) is 0 Å². The second kappa shape index (κ2) is 6.99. The quantitative estimate of drug-likeness (QED) is 0.814. The van der Waals surface area contributed by atoms with Gasteiger partial charge in [-0.1, -0.05) is 20.8 Å². The number of hydrogen-bond donors (Lipinski definition) is 2. The zero-order chi connectivity index (χ0) is 13.5. The molecule has 1 amide bonds. The van der Waals surface area contributed by atoms with Gasteiger partial charge in [-0.25, -0.2) is 0 Å². The van der Waals surface area contributed by atoms with Crippen molar-refractivity contribution in [3.05, 3.63) is 24.0 Å². The van der Waals surface area contributed by atoms with E-state index in [9.17, 15) is 4.79 Å². The minimum Gasteiger partial charge on any atom is -0.385 e. The maximum absolute atomic E-state index is 11.9. The fourth-order valence-corrected chi connectivity index (χ4v) is 1.45. The van der Waals surface area contributed by atoms with E-state index in [4.69, 9.17) is 0 Å². The summed E-state index contributed by atoms with van der Waals surface area (Å²) in [6.07, 6.45) is 1.65. The Kier molecular flexibility index (Phi) is 5.62. The molecule has 1 rings (SSSR count). The summed E-state index contributed by atoms with van der Waals surface area (Å²) in [5.41, 5.74) is 1.39. The SMILES string of the molecule is CCNc1ccnc(C(=O)NCC(C)C(C)C)c1. The molecule has 0 saturated heterocycles. The van der Waals surface area contributed by atoms with Gasteiger partial charge in [-0.05, 0) is 30.9 Å². The molecule has 1 heterocycles. The Labute approximate surface area is 109 Å². The van der Waals surface area contributed by atoms with Gasteiger partial charge < -0.3 is 10.6 Å². The van der Waals surface area contributed by atoms with E-state index in [1.54, 1.807) is 12.3 Å². The van der Waals surface area contributed by atoms with Crippen molar-refractivity contribution in [2.24, 2.45) is 11.8 Å². The number of nitrogens with zero attached hydrogens (tertiary/aromatic N) is 1. The molecule has 0 aliphatic rings. The maximum Gasteiger partial charge on any atom is 0.269 e. The smallest absolute Gasteiger partial charge is 0.269 e. The van der Waals surface area contributed by atoms with Crippen LogP contribution in [-0.2, 0) is 0 Å². The molecule has 0 aromatic carbocycles. The van der Waals surface area contributed by atoms with E-state index in [0.29, 0.717) is 24.1 Å². The van der Waals surface area contributed by atoms with Crippen molar-refractivity contribution < 1.29 is 4.79 Å². The lowest BCUT2D eigenvalue weighted by Crippen LogP contribution is -2.30. The van der Waals surface area contributed by atoms with E-state index in [0.717, 1.165) is 12.2 Å². The highest BCUT2D eigenvalue weighted by atomic mass is 16.1. The molecule has 100 valence electrons. The molecular weight excluding hydrogens is 226 g/mol. The van der Waals surface area contributed by atoms with Gasteiger partial charge in [-0.15, -0.1) is 0 Å². The lowest BCUT2D eigenvalue weighted by Gasteiger charge is -2.16. The molecule has 0 aliphatic carbocycles. The molecule has 4 heteroatoms. The summed E-state index contributed by atoms with van der Waals surface area (Å²) in [7, 11) is 0. The third-order valence-electron chi connectivity index (χ3n) is 3.10. The molecule has 1 aromatic rings. The van der Waals surface area contributed by atoms with E-state index in [-0.39, 0.29) is 5.91 Å². The predicted octanol–water partition coefficient (Wildman–Crippen LogP) is 2.54. The first kappa shape index (κ1) is 14.5. The van der Waals surface area contributed by atoms with Gasteiger partial charge in [0, 0.05) is 25.0 Å². The van der Waals surface area contributed by atoms with Crippen LogP contribution < -0.4 is 10.6 Å². The van der Waals surface area contributed by atoms with Crippen LogP contribution in [0, 0.1) is 11.8 Å². The predicted molar refractivity (Wildman–Crippen MR) is 74.7 cm³/mol. The maximum atomic E-state index is 11.9. The first-order valence-corrected chi connectivity index (χ1v) is 6.52. The van der Waals surface area contributed by atoms with Crippen molar-refractivity contribution in [1.82, 2.24) is 10.3 Å². The topological polar surface area (TPSA) is 54.0 Å². The largest absolute Gasteiger partial charge is 0.385 e. The molecule has 1 unspecified atom stereocenters. The second-order valence-corrected chi connectivity index (χ2v) is 4.89. The van der Waals surface area contributed by atoms with Gasteiger partial charge in [0.15, 0.2) is 0 Å². The molecule has 4 nitrogen and oxygen atoms in total. The average molecular weight is 249 g/mol. The molecule has 0 aliphatic heterocycles. The van der Waals surface area contributed by atoms with Crippen LogP contribution in [0.3, 0.4) is 0 Å². The molecule has 0 spiro atoms. The van der Waals surface area contributed by atoms with Gasteiger partial charge in [0.2, 0.25) is 0 Å². The normalized spacial score (nSPS) is 12.3. The number of amides is 1. The van der Waals surface area contributed by atoms with Crippen molar-refractivity contribution in [2.75, 3.05) is 18.4 Å². The average Bonchev–Trinajstić information content (AvgIpc) is 2.36. The summed E-state index contributed by atoms with van der Waals surface area (Å²) in [4.78, 5) is 16.0. The van der Waals surface area contributed by atoms with E-state index < -0.39 is 0 Å². The van der Waals surface area contributed by atoms with Crippen molar-refractivity contribution >= 4 is 11.6 Å². The number of carbonyl (C=O) groups excluding carboxylic acids is 1. The van der Waals surface area contributed by atoms with Crippen molar-refractivity contribution in [3.8, 4) is 0 Å². The van der Waals surface area contributed by atoms with Crippen LogP contribution in [0.25, 0.3) is 0 Å². The number of anilines is 1. The van der Waals surface area contributed by atoms with Gasteiger partial charge in [0.25, 0.3) is 5.91 Å². The Morgan fingerprint density at radius 1 is 1.39 bits per heavy atom. The van der Waals surface area contributed by atoms with Crippen LogP contribution in [0.15, 0.2) is 18.3 Å². The highest BCUT2D eigenvalue weighted by molar-refractivity contribution is 5.93.